The maximum atomic E-state index is 15.6. The first-order valence-corrected chi connectivity index (χ1v) is 12.9. The molecule has 0 radical (unpaired) electrons. The summed E-state index contributed by atoms with van der Waals surface area (Å²) in [6, 6.07) is 8.18. The van der Waals surface area contributed by atoms with Crippen molar-refractivity contribution in [3.05, 3.63) is 64.9 Å². The van der Waals surface area contributed by atoms with Crippen molar-refractivity contribution in [2.75, 3.05) is 39.4 Å². The van der Waals surface area contributed by atoms with Crippen molar-refractivity contribution in [2.24, 2.45) is 5.92 Å². The Balaban J connectivity index is 1.47. The maximum absolute atomic E-state index is 15.6. The smallest absolute Gasteiger partial charge is 0.283 e. The average molecular weight is 520 g/mol. The molecular weight excluding hydrogens is 486 g/mol. The van der Waals surface area contributed by atoms with E-state index in [4.69, 9.17) is 4.74 Å². The molecule has 2 aliphatic heterocycles. The van der Waals surface area contributed by atoms with Crippen molar-refractivity contribution < 1.29 is 27.4 Å². The second-order valence-electron chi connectivity index (χ2n) is 10.4. The number of fused-ring (bicyclic) bond motifs is 3. The summed E-state index contributed by atoms with van der Waals surface area (Å²) in [6.45, 7) is 4.71. The van der Waals surface area contributed by atoms with Crippen LogP contribution in [0.1, 0.15) is 43.1 Å². The number of aliphatic hydroxyl groups is 1. The molecule has 3 aromatic rings. The Bertz CT molecular complexity index is 1230. The van der Waals surface area contributed by atoms with Gasteiger partial charge in [-0.1, -0.05) is 31.5 Å². The van der Waals surface area contributed by atoms with E-state index in [1.54, 1.807) is 6.92 Å². The van der Waals surface area contributed by atoms with E-state index in [9.17, 15) is 13.9 Å². The number of nitrogens with zero attached hydrogens (tertiary/aromatic N) is 2. The zero-order chi connectivity index (χ0) is 26.3. The second-order valence-corrected chi connectivity index (χ2v) is 10.4. The van der Waals surface area contributed by atoms with Crippen LogP contribution < -0.4 is 4.74 Å². The molecule has 5 rings (SSSR count). The van der Waals surface area contributed by atoms with E-state index in [1.807, 2.05) is 24.3 Å². The summed E-state index contributed by atoms with van der Waals surface area (Å²) < 4.78 is 65.7. The number of benzene rings is 2. The van der Waals surface area contributed by atoms with Crippen molar-refractivity contribution in [1.82, 2.24) is 14.8 Å². The minimum atomic E-state index is -3.43. The van der Waals surface area contributed by atoms with Gasteiger partial charge in [-0.2, -0.15) is 0 Å². The van der Waals surface area contributed by atoms with Gasteiger partial charge in [0.1, 0.15) is 30.6 Å². The van der Waals surface area contributed by atoms with Gasteiger partial charge in [-0.05, 0) is 30.9 Å². The number of alkyl halides is 2. The van der Waals surface area contributed by atoms with Crippen LogP contribution in [0, 0.1) is 17.6 Å². The fourth-order valence-corrected chi connectivity index (χ4v) is 5.70. The van der Waals surface area contributed by atoms with Gasteiger partial charge in [0.2, 0.25) is 0 Å². The minimum Gasteiger partial charge on any atom is -0.492 e. The van der Waals surface area contributed by atoms with Crippen molar-refractivity contribution in [2.45, 2.75) is 44.7 Å². The van der Waals surface area contributed by atoms with Gasteiger partial charge in [-0.25, -0.2) is 17.6 Å². The second kappa shape index (κ2) is 10.3. The lowest BCUT2D eigenvalue weighted by molar-refractivity contribution is -0.0869. The lowest BCUT2D eigenvalue weighted by Crippen LogP contribution is -2.49. The number of H-pyrrole nitrogens is 1. The van der Waals surface area contributed by atoms with E-state index in [0.29, 0.717) is 31.2 Å². The molecule has 37 heavy (non-hydrogen) atoms. The highest BCUT2D eigenvalue weighted by atomic mass is 19.3. The van der Waals surface area contributed by atoms with Gasteiger partial charge in [0.25, 0.3) is 5.92 Å². The van der Waals surface area contributed by atoms with Gasteiger partial charge < -0.3 is 14.8 Å². The number of hydrogen-bond acceptors (Lipinski definition) is 4. The summed E-state index contributed by atoms with van der Waals surface area (Å²) in [6.07, 6.45) is 1.56. The molecule has 1 saturated heterocycles. The van der Waals surface area contributed by atoms with E-state index < -0.39 is 42.8 Å². The lowest BCUT2D eigenvalue weighted by atomic mass is 9.87. The Labute approximate surface area is 214 Å². The van der Waals surface area contributed by atoms with Crippen LogP contribution in [0.15, 0.2) is 36.4 Å². The van der Waals surface area contributed by atoms with Crippen LogP contribution in [-0.2, 0) is 6.42 Å². The number of aliphatic hydroxyl groups excluding tert-OH is 1. The van der Waals surface area contributed by atoms with E-state index in [2.05, 4.69) is 16.8 Å². The normalized spacial score (nSPS) is 21.3. The molecule has 3 heterocycles. The molecule has 2 atom stereocenters. The standard InChI is InChI=1S/C28H33F4N3O2/c1-3-18-13-34(14-18)8-9-37-19-11-22(29)25(23(30)12-19)27-26-21(20-6-4-5-7-24(20)33-26)10-17(2)35(27)15-28(31,32)16-36/h4-7,11-12,17-18,27,33,36H,3,8-10,13-16H2,1-2H3/t17-,27-/m1/s1. The Hall–Kier alpha value is -2.62. The average Bonchev–Trinajstić information content (AvgIpc) is 3.20. The molecule has 5 nitrogen and oxygen atoms in total. The number of likely N-dealkylation sites (tertiary alicyclic amines) is 1. The highest BCUT2D eigenvalue weighted by Gasteiger charge is 2.43. The summed E-state index contributed by atoms with van der Waals surface area (Å²) in [7, 11) is 0. The quantitative estimate of drug-likeness (QED) is 0.385. The third-order valence-corrected chi connectivity index (χ3v) is 7.78. The number of aromatic nitrogens is 1. The molecule has 1 aromatic heterocycles. The molecule has 0 bridgehead atoms. The van der Waals surface area contributed by atoms with Crippen LogP contribution in [0.2, 0.25) is 0 Å². The van der Waals surface area contributed by atoms with Crippen LogP contribution >= 0.6 is 0 Å². The minimum absolute atomic E-state index is 0.0688. The monoisotopic (exact) mass is 519 g/mol. The van der Waals surface area contributed by atoms with Gasteiger partial charge >= 0.3 is 0 Å². The number of rotatable bonds is 9. The lowest BCUT2D eigenvalue weighted by Gasteiger charge is -2.42. The first kappa shape index (κ1) is 26.0. The SMILES string of the molecule is CCC1CN(CCOc2cc(F)c([C@@H]3c4[nH]c5ccccc5c4C[C@@H](C)N3CC(F)(F)CO)c(F)c2)C1. The summed E-state index contributed by atoms with van der Waals surface area (Å²) in [5.74, 6) is -4.38. The van der Waals surface area contributed by atoms with Crippen LogP contribution in [0.4, 0.5) is 17.6 Å². The first-order valence-electron chi connectivity index (χ1n) is 12.9. The molecule has 2 N–H and O–H groups in total. The summed E-state index contributed by atoms with van der Waals surface area (Å²) in [5, 5.41) is 10.1. The molecular formula is C28H33F4N3O2. The van der Waals surface area contributed by atoms with E-state index >= 15 is 8.78 Å². The van der Waals surface area contributed by atoms with Crippen molar-refractivity contribution in [3.63, 3.8) is 0 Å². The van der Waals surface area contributed by atoms with Crippen LogP contribution in [-0.4, -0.2) is 71.2 Å². The Kier molecular flexibility index (Phi) is 7.22. The molecule has 0 unspecified atom stereocenters. The Morgan fingerprint density at radius 2 is 1.84 bits per heavy atom. The van der Waals surface area contributed by atoms with Crippen molar-refractivity contribution >= 4 is 10.9 Å². The van der Waals surface area contributed by atoms with E-state index in [1.165, 1.54) is 4.90 Å². The van der Waals surface area contributed by atoms with Gasteiger partial charge in [-0.15, -0.1) is 0 Å². The number of hydrogen-bond donors (Lipinski definition) is 2. The third-order valence-electron chi connectivity index (χ3n) is 7.78. The molecule has 2 aliphatic rings. The molecule has 0 saturated carbocycles. The number of para-hydroxylation sites is 1. The number of aromatic amines is 1. The van der Waals surface area contributed by atoms with Crippen molar-refractivity contribution in [1.29, 1.82) is 0 Å². The number of ether oxygens (including phenoxy) is 1. The van der Waals surface area contributed by atoms with Gasteiger partial charge in [0, 0.05) is 60.0 Å². The first-order chi connectivity index (χ1) is 17.7. The van der Waals surface area contributed by atoms with Crippen LogP contribution in [0.5, 0.6) is 5.75 Å². The fourth-order valence-electron chi connectivity index (χ4n) is 5.70. The highest BCUT2D eigenvalue weighted by molar-refractivity contribution is 5.85. The molecule has 0 spiro atoms. The third kappa shape index (κ3) is 5.09. The summed E-state index contributed by atoms with van der Waals surface area (Å²) >= 11 is 0. The molecule has 1 fully saturated rings. The molecule has 200 valence electrons. The molecule has 9 heteroatoms. The van der Waals surface area contributed by atoms with Gasteiger partial charge in [0.15, 0.2) is 0 Å². The number of halogens is 4. The maximum Gasteiger partial charge on any atom is 0.283 e. The predicted molar refractivity (Wildman–Crippen MR) is 134 cm³/mol. The van der Waals surface area contributed by atoms with E-state index in [0.717, 1.165) is 48.1 Å². The zero-order valence-corrected chi connectivity index (χ0v) is 21.1. The Morgan fingerprint density at radius 3 is 2.51 bits per heavy atom. The topological polar surface area (TPSA) is 51.7 Å². The number of nitrogens with one attached hydrogen (secondary N) is 1. The molecule has 0 aliphatic carbocycles. The van der Waals surface area contributed by atoms with Gasteiger partial charge in [0.05, 0.1) is 12.6 Å². The fraction of sp³-hybridized carbons (Fsp3) is 0.500. The van der Waals surface area contributed by atoms with Crippen LogP contribution in [0.25, 0.3) is 10.9 Å². The zero-order valence-electron chi connectivity index (χ0n) is 21.1. The largest absolute Gasteiger partial charge is 0.492 e. The summed E-state index contributed by atoms with van der Waals surface area (Å²) in [4.78, 5) is 6.85. The Morgan fingerprint density at radius 1 is 1.14 bits per heavy atom. The molecule has 2 aromatic carbocycles. The summed E-state index contributed by atoms with van der Waals surface area (Å²) in [5.41, 5.74) is 1.81. The predicted octanol–water partition coefficient (Wildman–Crippen LogP) is 5.13. The van der Waals surface area contributed by atoms with Crippen molar-refractivity contribution in [3.8, 4) is 5.75 Å². The highest BCUT2D eigenvalue weighted by Crippen LogP contribution is 2.44. The van der Waals surface area contributed by atoms with Gasteiger partial charge in [-0.3, -0.25) is 9.80 Å². The van der Waals surface area contributed by atoms with Crippen LogP contribution in [0.3, 0.4) is 0 Å². The molecule has 0 amide bonds. The van der Waals surface area contributed by atoms with E-state index in [-0.39, 0.29) is 11.3 Å².